The molecule has 0 radical (unpaired) electrons. The third kappa shape index (κ3) is 2.04. The first-order chi connectivity index (χ1) is 9.02. The van der Waals surface area contributed by atoms with Crippen molar-refractivity contribution in [2.45, 2.75) is 33.1 Å². The second-order valence-corrected chi connectivity index (χ2v) is 6.46. The molecule has 2 unspecified atom stereocenters. The van der Waals surface area contributed by atoms with Gasteiger partial charge in [-0.1, -0.05) is 19.0 Å². The number of hydrogen-bond donors (Lipinski definition) is 0. The van der Waals surface area contributed by atoms with Gasteiger partial charge in [0.1, 0.15) is 5.01 Å². The number of nitrogens with zero attached hydrogens (tertiary/aromatic N) is 4. The van der Waals surface area contributed by atoms with Crippen LogP contribution in [-0.2, 0) is 6.42 Å². The van der Waals surface area contributed by atoms with E-state index in [9.17, 15) is 0 Å². The molecule has 0 aromatic carbocycles. The summed E-state index contributed by atoms with van der Waals surface area (Å²) in [5.74, 6) is 1.27. The fourth-order valence-electron chi connectivity index (χ4n) is 2.42. The molecule has 1 aliphatic rings. The van der Waals surface area contributed by atoms with E-state index in [0.717, 1.165) is 10.7 Å². The van der Waals surface area contributed by atoms with Crippen molar-refractivity contribution in [3.05, 3.63) is 27.8 Å². The van der Waals surface area contributed by atoms with E-state index in [0.29, 0.717) is 18.1 Å². The minimum Gasteiger partial charge on any atom is -0.339 e. The second kappa shape index (κ2) is 4.14. The first kappa shape index (κ1) is 12.3. The first-order valence-corrected chi connectivity index (χ1v) is 7.03. The number of aromatic nitrogens is 3. The summed E-state index contributed by atoms with van der Waals surface area (Å²) < 4.78 is 5.30. The standard InChI is InChI=1S/C13H14N4OS/c1-7-6-19-10(15-7)4-9-16-12(18-17-9)11-8(5-14)13(11,2)3/h6,8,11H,4H2,1-3H3. The third-order valence-electron chi connectivity index (χ3n) is 3.69. The normalized spacial score (nSPS) is 24.1. The molecule has 5 nitrogen and oxygen atoms in total. The lowest BCUT2D eigenvalue weighted by Gasteiger charge is -1.95. The smallest absolute Gasteiger partial charge is 0.231 e. The average molecular weight is 274 g/mol. The van der Waals surface area contributed by atoms with Crippen LogP contribution in [-0.4, -0.2) is 15.1 Å². The van der Waals surface area contributed by atoms with Crippen molar-refractivity contribution in [3.63, 3.8) is 0 Å². The second-order valence-electron chi connectivity index (χ2n) is 5.51. The molecule has 1 saturated carbocycles. The summed E-state index contributed by atoms with van der Waals surface area (Å²) in [5.41, 5.74) is 0.952. The Hall–Kier alpha value is -1.74. The van der Waals surface area contributed by atoms with Crippen LogP contribution in [0.25, 0.3) is 0 Å². The van der Waals surface area contributed by atoms with Gasteiger partial charge in [-0.05, 0) is 12.3 Å². The Balaban J connectivity index is 1.76. The molecule has 2 aromatic heterocycles. The molecular formula is C13H14N4OS. The summed E-state index contributed by atoms with van der Waals surface area (Å²) in [6, 6.07) is 2.30. The Morgan fingerprint density at radius 3 is 2.84 bits per heavy atom. The molecule has 1 fully saturated rings. The van der Waals surface area contributed by atoms with Gasteiger partial charge < -0.3 is 4.52 Å². The zero-order valence-corrected chi connectivity index (χ0v) is 11.9. The predicted octanol–water partition coefficient (Wildman–Crippen LogP) is 2.69. The molecule has 0 amide bonds. The summed E-state index contributed by atoms with van der Waals surface area (Å²) in [5, 5.41) is 16.0. The topological polar surface area (TPSA) is 75.6 Å². The quantitative estimate of drug-likeness (QED) is 0.860. The Kier molecular flexibility index (Phi) is 2.68. The van der Waals surface area contributed by atoms with Gasteiger partial charge in [-0.3, -0.25) is 0 Å². The molecule has 6 heteroatoms. The van der Waals surface area contributed by atoms with Crippen molar-refractivity contribution in [2.75, 3.05) is 0 Å². The van der Waals surface area contributed by atoms with Crippen molar-refractivity contribution >= 4 is 11.3 Å². The van der Waals surface area contributed by atoms with E-state index < -0.39 is 0 Å². The van der Waals surface area contributed by atoms with Crippen molar-refractivity contribution < 1.29 is 4.52 Å². The Morgan fingerprint density at radius 1 is 1.47 bits per heavy atom. The number of rotatable bonds is 3. The average Bonchev–Trinajstić information content (AvgIpc) is 2.77. The maximum Gasteiger partial charge on any atom is 0.231 e. The minimum atomic E-state index is -0.0592. The van der Waals surface area contributed by atoms with Gasteiger partial charge in [0, 0.05) is 11.1 Å². The van der Waals surface area contributed by atoms with Gasteiger partial charge in [-0.15, -0.1) is 11.3 Å². The fraction of sp³-hybridized carbons (Fsp3) is 0.538. The monoisotopic (exact) mass is 274 g/mol. The summed E-state index contributed by atoms with van der Waals surface area (Å²) in [4.78, 5) is 8.79. The van der Waals surface area contributed by atoms with Crippen LogP contribution in [0.3, 0.4) is 0 Å². The molecule has 0 aliphatic heterocycles. The van der Waals surface area contributed by atoms with E-state index in [4.69, 9.17) is 9.78 Å². The summed E-state index contributed by atoms with van der Waals surface area (Å²) in [6.07, 6.45) is 0.590. The molecule has 0 saturated heterocycles. The summed E-state index contributed by atoms with van der Waals surface area (Å²) in [6.45, 7) is 6.07. The van der Waals surface area contributed by atoms with Gasteiger partial charge in [0.15, 0.2) is 5.82 Å². The largest absolute Gasteiger partial charge is 0.339 e. The predicted molar refractivity (Wildman–Crippen MR) is 69.6 cm³/mol. The molecule has 0 N–H and O–H groups in total. The van der Waals surface area contributed by atoms with Crippen molar-refractivity contribution in [3.8, 4) is 6.07 Å². The van der Waals surface area contributed by atoms with Crippen LogP contribution in [0.1, 0.15) is 42.2 Å². The van der Waals surface area contributed by atoms with Crippen molar-refractivity contribution in [1.82, 2.24) is 15.1 Å². The molecule has 3 rings (SSSR count). The molecule has 1 aliphatic carbocycles. The zero-order chi connectivity index (χ0) is 13.6. The van der Waals surface area contributed by atoms with Gasteiger partial charge in [0.2, 0.25) is 5.89 Å². The molecule has 2 aromatic rings. The Labute approximate surface area is 115 Å². The molecular weight excluding hydrogens is 260 g/mol. The number of aryl methyl sites for hydroxylation is 1. The van der Waals surface area contributed by atoms with E-state index >= 15 is 0 Å². The lowest BCUT2D eigenvalue weighted by Crippen LogP contribution is -1.92. The van der Waals surface area contributed by atoms with Gasteiger partial charge in [0.25, 0.3) is 0 Å². The van der Waals surface area contributed by atoms with Gasteiger partial charge >= 0.3 is 0 Å². The first-order valence-electron chi connectivity index (χ1n) is 6.15. The van der Waals surface area contributed by atoms with Crippen LogP contribution in [0.4, 0.5) is 0 Å². The van der Waals surface area contributed by atoms with Crippen LogP contribution in [0.5, 0.6) is 0 Å². The van der Waals surface area contributed by atoms with Crippen LogP contribution >= 0.6 is 11.3 Å². The number of thiazole rings is 1. The van der Waals surface area contributed by atoms with Crippen LogP contribution in [0.15, 0.2) is 9.90 Å². The van der Waals surface area contributed by atoms with Gasteiger partial charge in [-0.25, -0.2) is 4.98 Å². The summed E-state index contributed by atoms with van der Waals surface area (Å²) in [7, 11) is 0. The zero-order valence-electron chi connectivity index (χ0n) is 11.0. The summed E-state index contributed by atoms with van der Waals surface area (Å²) >= 11 is 1.60. The fourth-order valence-corrected chi connectivity index (χ4v) is 3.19. The lowest BCUT2D eigenvalue weighted by atomic mass is 10.1. The Bertz CT molecular complexity index is 652. The molecule has 19 heavy (non-hydrogen) atoms. The van der Waals surface area contributed by atoms with Gasteiger partial charge in [0.05, 0.1) is 24.3 Å². The highest BCUT2D eigenvalue weighted by molar-refractivity contribution is 7.09. The van der Waals surface area contributed by atoms with Crippen LogP contribution in [0.2, 0.25) is 0 Å². The molecule has 0 spiro atoms. The highest BCUT2D eigenvalue weighted by Crippen LogP contribution is 2.63. The van der Waals surface area contributed by atoms with E-state index in [2.05, 4.69) is 35.0 Å². The molecule has 0 bridgehead atoms. The Morgan fingerprint density at radius 2 is 2.26 bits per heavy atom. The van der Waals surface area contributed by atoms with Crippen LogP contribution < -0.4 is 0 Å². The van der Waals surface area contributed by atoms with E-state index in [1.54, 1.807) is 11.3 Å². The number of hydrogen-bond acceptors (Lipinski definition) is 6. The highest BCUT2D eigenvalue weighted by Gasteiger charge is 2.62. The van der Waals surface area contributed by atoms with Gasteiger partial charge in [-0.2, -0.15) is 10.2 Å². The maximum absolute atomic E-state index is 9.07. The lowest BCUT2D eigenvalue weighted by molar-refractivity contribution is 0.363. The minimum absolute atomic E-state index is 0.0251. The van der Waals surface area contributed by atoms with E-state index in [-0.39, 0.29) is 17.3 Å². The van der Waals surface area contributed by atoms with Crippen molar-refractivity contribution in [2.24, 2.45) is 11.3 Å². The molecule has 2 heterocycles. The van der Waals surface area contributed by atoms with E-state index in [1.807, 2.05) is 12.3 Å². The van der Waals surface area contributed by atoms with E-state index in [1.165, 1.54) is 0 Å². The molecule has 98 valence electrons. The van der Waals surface area contributed by atoms with Crippen LogP contribution in [0, 0.1) is 29.6 Å². The SMILES string of the molecule is Cc1csc(Cc2noc(C3C(C#N)C3(C)C)n2)n1. The molecule has 2 atom stereocenters. The third-order valence-corrected chi connectivity index (χ3v) is 4.66. The highest BCUT2D eigenvalue weighted by atomic mass is 32.1. The van der Waals surface area contributed by atoms with Crippen molar-refractivity contribution in [1.29, 1.82) is 5.26 Å². The maximum atomic E-state index is 9.07. The number of nitriles is 1.